The molecule has 1 aliphatic rings. The number of furan rings is 1. The summed E-state index contributed by atoms with van der Waals surface area (Å²) in [6, 6.07) is 9.05. The Kier molecular flexibility index (Phi) is 3.45. The van der Waals surface area contributed by atoms with Crippen molar-refractivity contribution in [2.45, 2.75) is 25.8 Å². The molecule has 0 saturated carbocycles. The van der Waals surface area contributed by atoms with Crippen molar-refractivity contribution in [2.24, 2.45) is 0 Å². The van der Waals surface area contributed by atoms with Gasteiger partial charge in [-0.05, 0) is 50.1 Å². The standard InChI is InChI=1S/C18H17N3O3/c1-11-9-13-10-12(4-5-16(13)24-11)17(22)21-8-2-3-15(21)14-6-7-19-18(23)20-14/h4-7,9-10,15H,2-3,8H2,1H3,(H,19,20,23)/t15-/m1/s1. The zero-order chi connectivity index (χ0) is 16.7. The first-order chi connectivity index (χ1) is 11.6. The van der Waals surface area contributed by atoms with Gasteiger partial charge in [-0.1, -0.05) is 0 Å². The fourth-order valence-electron chi connectivity index (χ4n) is 3.39. The van der Waals surface area contributed by atoms with Crippen LogP contribution in [0.15, 0.2) is 45.7 Å². The highest BCUT2D eigenvalue weighted by Crippen LogP contribution is 2.32. The molecule has 4 rings (SSSR count). The van der Waals surface area contributed by atoms with Gasteiger partial charge in [-0.2, -0.15) is 0 Å². The molecule has 1 fully saturated rings. The summed E-state index contributed by atoms with van der Waals surface area (Å²) in [7, 11) is 0. The number of fused-ring (bicyclic) bond motifs is 1. The van der Waals surface area contributed by atoms with Crippen LogP contribution in [0.25, 0.3) is 11.0 Å². The molecule has 0 bridgehead atoms. The smallest absolute Gasteiger partial charge is 0.345 e. The van der Waals surface area contributed by atoms with Crippen molar-refractivity contribution in [3.05, 3.63) is 64.0 Å². The van der Waals surface area contributed by atoms with Crippen LogP contribution in [0.3, 0.4) is 0 Å². The molecule has 2 aromatic heterocycles. The van der Waals surface area contributed by atoms with Gasteiger partial charge in [-0.15, -0.1) is 0 Å². The molecule has 6 nitrogen and oxygen atoms in total. The zero-order valence-corrected chi connectivity index (χ0v) is 13.3. The van der Waals surface area contributed by atoms with Gasteiger partial charge in [0.1, 0.15) is 11.3 Å². The van der Waals surface area contributed by atoms with E-state index in [-0.39, 0.29) is 17.6 Å². The van der Waals surface area contributed by atoms with Gasteiger partial charge in [0, 0.05) is 29.4 Å². The van der Waals surface area contributed by atoms with Crippen molar-refractivity contribution in [3.63, 3.8) is 0 Å². The second kappa shape index (κ2) is 5.63. The third kappa shape index (κ3) is 2.50. The Morgan fingerprint density at radius 3 is 3.04 bits per heavy atom. The number of carbonyl (C=O) groups is 1. The van der Waals surface area contributed by atoms with Crippen molar-refractivity contribution in [3.8, 4) is 0 Å². The minimum Gasteiger partial charge on any atom is -0.461 e. The number of benzene rings is 1. The average molecular weight is 323 g/mol. The highest BCUT2D eigenvalue weighted by molar-refractivity contribution is 5.98. The Morgan fingerprint density at radius 1 is 1.33 bits per heavy atom. The van der Waals surface area contributed by atoms with Crippen LogP contribution in [0.2, 0.25) is 0 Å². The number of hydrogen-bond donors (Lipinski definition) is 1. The van der Waals surface area contributed by atoms with Gasteiger partial charge in [0.2, 0.25) is 0 Å². The molecule has 0 unspecified atom stereocenters. The van der Waals surface area contributed by atoms with Crippen LogP contribution >= 0.6 is 0 Å². The third-order valence-corrected chi connectivity index (χ3v) is 4.46. The predicted molar refractivity (Wildman–Crippen MR) is 88.8 cm³/mol. The number of aromatic nitrogens is 2. The number of amides is 1. The first-order valence-corrected chi connectivity index (χ1v) is 7.98. The number of aryl methyl sites for hydroxylation is 1. The lowest BCUT2D eigenvalue weighted by Crippen LogP contribution is -2.31. The molecule has 1 atom stereocenters. The van der Waals surface area contributed by atoms with Crippen LogP contribution in [0.5, 0.6) is 0 Å². The highest BCUT2D eigenvalue weighted by atomic mass is 16.3. The number of carbonyl (C=O) groups excluding carboxylic acids is 1. The Bertz CT molecular complexity index is 973. The van der Waals surface area contributed by atoms with Gasteiger partial charge in [0.05, 0.1) is 6.04 Å². The molecule has 3 aromatic rings. The molecule has 1 aliphatic heterocycles. The second-order valence-electron chi connectivity index (χ2n) is 6.10. The fraction of sp³-hybridized carbons (Fsp3) is 0.278. The molecule has 1 saturated heterocycles. The summed E-state index contributed by atoms with van der Waals surface area (Å²) in [6.07, 6.45) is 3.22. The van der Waals surface area contributed by atoms with Crippen LogP contribution in [0, 0.1) is 6.92 Å². The van der Waals surface area contributed by atoms with Crippen LogP contribution < -0.4 is 5.69 Å². The zero-order valence-electron chi connectivity index (χ0n) is 13.3. The third-order valence-electron chi connectivity index (χ3n) is 4.46. The molecule has 1 aromatic carbocycles. The predicted octanol–water partition coefficient (Wildman–Crippen LogP) is 2.80. The van der Waals surface area contributed by atoms with E-state index in [0.29, 0.717) is 12.1 Å². The molecular formula is C18H17N3O3. The van der Waals surface area contributed by atoms with E-state index >= 15 is 0 Å². The van der Waals surface area contributed by atoms with Gasteiger partial charge < -0.3 is 14.3 Å². The molecule has 6 heteroatoms. The van der Waals surface area contributed by atoms with Gasteiger partial charge in [-0.25, -0.2) is 9.78 Å². The summed E-state index contributed by atoms with van der Waals surface area (Å²) >= 11 is 0. The molecule has 1 amide bonds. The summed E-state index contributed by atoms with van der Waals surface area (Å²) in [5, 5.41) is 0.923. The number of hydrogen-bond acceptors (Lipinski definition) is 4. The van der Waals surface area contributed by atoms with Gasteiger partial charge in [-0.3, -0.25) is 4.79 Å². The number of nitrogens with zero attached hydrogens (tertiary/aromatic N) is 2. The normalized spacial score (nSPS) is 17.5. The van der Waals surface area contributed by atoms with Gasteiger partial charge >= 0.3 is 5.69 Å². The number of nitrogens with one attached hydrogen (secondary N) is 1. The summed E-state index contributed by atoms with van der Waals surface area (Å²) in [4.78, 5) is 32.6. The van der Waals surface area contributed by atoms with E-state index in [0.717, 1.165) is 35.3 Å². The maximum Gasteiger partial charge on any atom is 0.345 e. The number of likely N-dealkylation sites (tertiary alicyclic amines) is 1. The molecule has 0 spiro atoms. The monoisotopic (exact) mass is 323 g/mol. The summed E-state index contributed by atoms with van der Waals surface area (Å²) in [5.41, 5.74) is 1.76. The van der Waals surface area contributed by atoms with E-state index < -0.39 is 0 Å². The van der Waals surface area contributed by atoms with E-state index in [9.17, 15) is 9.59 Å². The van der Waals surface area contributed by atoms with Crippen LogP contribution in [0.1, 0.15) is 40.7 Å². The number of H-pyrrole nitrogens is 1. The Morgan fingerprint density at radius 2 is 2.21 bits per heavy atom. The first-order valence-electron chi connectivity index (χ1n) is 7.98. The maximum absolute atomic E-state index is 13.0. The van der Waals surface area contributed by atoms with E-state index in [4.69, 9.17) is 4.42 Å². The number of aromatic amines is 1. The lowest BCUT2D eigenvalue weighted by Gasteiger charge is -2.24. The second-order valence-corrected chi connectivity index (χ2v) is 6.10. The molecule has 0 radical (unpaired) electrons. The summed E-state index contributed by atoms with van der Waals surface area (Å²) in [6.45, 7) is 2.56. The molecule has 24 heavy (non-hydrogen) atoms. The largest absolute Gasteiger partial charge is 0.461 e. The van der Waals surface area contributed by atoms with Crippen LogP contribution in [-0.2, 0) is 0 Å². The van der Waals surface area contributed by atoms with E-state index in [1.54, 1.807) is 12.1 Å². The van der Waals surface area contributed by atoms with E-state index in [1.807, 2.05) is 30.0 Å². The quantitative estimate of drug-likeness (QED) is 0.786. The van der Waals surface area contributed by atoms with E-state index in [2.05, 4.69) is 9.97 Å². The average Bonchev–Trinajstić information content (AvgIpc) is 3.18. The van der Waals surface area contributed by atoms with Gasteiger partial charge in [0.25, 0.3) is 5.91 Å². The molecule has 3 heterocycles. The molecule has 122 valence electrons. The lowest BCUT2D eigenvalue weighted by molar-refractivity contribution is 0.0733. The van der Waals surface area contributed by atoms with Crippen molar-refractivity contribution < 1.29 is 9.21 Å². The SMILES string of the molecule is Cc1cc2cc(C(=O)N3CCC[C@@H]3c3ccnc(=O)[nH]3)ccc2o1. The first kappa shape index (κ1) is 14.7. The summed E-state index contributed by atoms with van der Waals surface area (Å²) < 4.78 is 5.56. The van der Waals surface area contributed by atoms with Gasteiger partial charge in [0.15, 0.2) is 0 Å². The highest BCUT2D eigenvalue weighted by Gasteiger charge is 2.31. The minimum absolute atomic E-state index is 0.0316. The fourth-order valence-corrected chi connectivity index (χ4v) is 3.39. The Labute approximate surface area is 138 Å². The molecule has 1 N–H and O–H groups in total. The Hall–Kier alpha value is -2.89. The Balaban J connectivity index is 1.67. The maximum atomic E-state index is 13.0. The van der Waals surface area contributed by atoms with Crippen molar-refractivity contribution in [1.82, 2.24) is 14.9 Å². The molecule has 0 aliphatic carbocycles. The van der Waals surface area contributed by atoms with Crippen molar-refractivity contribution in [2.75, 3.05) is 6.54 Å². The lowest BCUT2D eigenvalue weighted by atomic mass is 10.1. The minimum atomic E-state index is -0.387. The topological polar surface area (TPSA) is 79.2 Å². The van der Waals surface area contributed by atoms with Crippen molar-refractivity contribution in [1.29, 1.82) is 0 Å². The molecular weight excluding hydrogens is 306 g/mol. The number of rotatable bonds is 2. The summed E-state index contributed by atoms with van der Waals surface area (Å²) in [5.74, 6) is 0.791. The van der Waals surface area contributed by atoms with E-state index in [1.165, 1.54) is 6.20 Å². The van der Waals surface area contributed by atoms with Crippen LogP contribution in [0.4, 0.5) is 0 Å². The van der Waals surface area contributed by atoms with Crippen LogP contribution in [-0.4, -0.2) is 27.3 Å². The van der Waals surface area contributed by atoms with Crippen molar-refractivity contribution >= 4 is 16.9 Å².